The normalized spacial score (nSPS) is 42.7. The van der Waals surface area contributed by atoms with Gasteiger partial charge in [0.2, 0.25) is 0 Å². The van der Waals surface area contributed by atoms with Crippen LogP contribution in [0.25, 0.3) is 0 Å². The van der Waals surface area contributed by atoms with Crippen LogP contribution in [-0.2, 0) is 24.6 Å². The van der Waals surface area contributed by atoms with Crippen LogP contribution in [0.15, 0.2) is 30.3 Å². The van der Waals surface area contributed by atoms with Gasteiger partial charge in [0, 0.05) is 18.4 Å². The van der Waals surface area contributed by atoms with Crippen molar-refractivity contribution in [1.82, 2.24) is 0 Å². The highest BCUT2D eigenvalue weighted by atomic mass is 16.7. The summed E-state index contributed by atoms with van der Waals surface area (Å²) in [6.07, 6.45) is 6.49. The molecule has 0 amide bonds. The maximum Gasteiger partial charge on any atom is 0.162 e. The van der Waals surface area contributed by atoms with Gasteiger partial charge >= 0.3 is 0 Å². The van der Waals surface area contributed by atoms with Crippen molar-refractivity contribution in [3.8, 4) is 0 Å². The van der Waals surface area contributed by atoms with Crippen LogP contribution < -0.4 is 0 Å². The van der Waals surface area contributed by atoms with Gasteiger partial charge in [0.15, 0.2) is 12.1 Å². The van der Waals surface area contributed by atoms with Gasteiger partial charge in [-0.25, -0.2) is 0 Å². The molecule has 4 aliphatic rings. The molecule has 3 unspecified atom stereocenters. The van der Waals surface area contributed by atoms with Crippen LogP contribution in [-0.4, -0.2) is 31.4 Å². The summed E-state index contributed by atoms with van der Waals surface area (Å²) in [7, 11) is 0. The maximum atomic E-state index is 12.5. The molecule has 1 aromatic rings. The van der Waals surface area contributed by atoms with Crippen LogP contribution >= 0.6 is 0 Å². The molecule has 5 rings (SSSR count). The summed E-state index contributed by atoms with van der Waals surface area (Å²) in [5.74, 6) is 0.719. The van der Waals surface area contributed by atoms with Crippen molar-refractivity contribution in [2.45, 2.75) is 62.9 Å². The van der Waals surface area contributed by atoms with E-state index in [4.69, 9.17) is 14.2 Å². The molecular weight excluding hydrogens is 316 g/mol. The molecule has 3 aliphatic heterocycles. The van der Waals surface area contributed by atoms with Crippen molar-refractivity contribution in [3.63, 3.8) is 0 Å². The lowest BCUT2D eigenvalue weighted by molar-refractivity contribution is -0.167. The number of hydrogen-bond acceptors (Lipinski definition) is 4. The van der Waals surface area contributed by atoms with Gasteiger partial charge in [-0.15, -0.1) is 0 Å². The average molecular weight is 342 g/mol. The van der Waals surface area contributed by atoms with Crippen molar-refractivity contribution in [3.05, 3.63) is 35.9 Å². The number of carbonyl (C=O) groups excluding carboxylic acids is 1. The first-order chi connectivity index (χ1) is 12.2. The molecule has 4 nitrogen and oxygen atoms in total. The van der Waals surface area contributed by atoms with Gasteiger partial charge in [-0.05, 0) is 50.0 Å². The second-order valence-electron chi connectivity index (χ2n) is 8.26. The molecule has 0 N–H and O–H groups in total. The molecular formula is C21H26O4. The standard InChI is InChI=1S/C21H26O4/c22-17-9-10-21(15-6-2-1-3-7-15)14-20(19(17)25-21)12-16(20)13-24-18-8-4-5-11-23-18/h1-3,6-7,16,18-19H,4-5,8-14H2/t16?,18?,19-,20?,21+/m0/s1. The Morgan fingerprint density at radius 1 is 1.20 bits per heavy atom. The number of ether oxygens (including phenoxy) is 3. The Morgan fingerprint density at radius 2 is 2.08 bits per heavy atom. The van der Waals surface area contributed by atoms with E-state index in [0.717, 1.165) is 38.7 Å². The zero-order valence-electron chi connectivity index (χ0n) is 14.6. The second kappa shape index (κ2) is 5.90. The van der Waals surface area contributed by atoms with E-state index in [1.807, 2.05) is 6.07 Å². The molecule has 25 heavy (non-hydrogen) atoms. The Bertz CT molecular complexity index is 653. The van der Waals surface area contributed by atoms with E-state index >= 15 is 0 Å². The fourth-order valence-electron chi connectivity index (χ4n) is 5.28. The van der Waals surface area contributed by atoms with Crippen LogP contribution in [0.1, 0.15) is 50.5 Å². The highest BCUT2D eigenvalue weighted by Gasteiger charge is 2.71. The van der Waals surface area contributed by atoms with E-state index < -0.39 is 0 Å². The van der Waals surface area contributed by atoms with Gasteiger partial charge < -0.3 is 14.2 Å². The van der Waals surface area contributed by atoms with Crippen LogP contribution in [0.3, 0.4) is 0 Å². The Balaban J connectivity index is 1.32. The van der Waals surface area contributed by atoms with Crippen LogP contribution in [0.5, 0.6) is 0 Å². The van der Waals surface area contributed by atoms with Gasteiger partial charge in [0.05, 0.1) is 12.2 Å². The van der Waals surface area contributed by atoms with E-state index in [0.29, 0.717) is 24.7 Å². The van der Waals surface area contributed by atoms with E-state index in [9.17, 15) is 4.79 Å². The number of benzene rings is 1. The Morgan fingerprint density at radius 3 is 2.88 bits per heavy atom. The van der Waals surface area contributed by atoms with E-state index in [1.54, 1.807) is 0 Å². The average Bonchev–Trinajstić information content (AvgIpc) is 3.27. The zero-order valence-corrected chi connectivity index (χ0v) is 14.6. The molecule has 0 aromatic heterocycles. The molecule has 4 heteroatoms. The third kappa shape index (κ3) is 2.57. The van der Waals surface area contributed by atoms with Gasteiger partial charge in [-0.3, -0.25) is 4.79 Å². The first-order valence-electron chi connectivity index (χ1n) is 9.71. The summed E-state index contributed by atoms with van der Waals surface area (Å²) in [4.78, 5) is 12.5. The number of fused-ring (bicyclic) bond motifs is 3. The fourth-order valence-corrected chi connectivity index (χ4v) is 5.28. The molecule has 0 radical (unpaired) electrons. The Hall–Kier alpha value is -1.23. The number of ketones is 1. The maximum absolute atomic E-state index is 12.5. The van der Waals surface area contributed by atoms with Crippen molar-refractivity contribution >= 4 is 5.78 Å². The van der Waals surface area contributed by atoms with Crippen molar-refractivity contribution in [2.24, 2.45) is 11.3 Å². The molecule has 3 saturated heterocycles. The minimum atomic E-state index is -0.268. The van der Waals surface area contributed by atoms with Crippen molar-refractivity contribution in [1.29, 1.82) is 0 Å². The number of hydrogen-bond donors (Lipinski definition) is 0. The second-order valence-corrected chi connectivity index (χ2v) is 8.26. The summed E-state index contributed by atoms with van der Waals surface area (Å²) in [6.45, 7) is 1.50. The summed E-state index contributed by atoms with van der Waals surface area (Å²) in [5, 5.41) is 0. The minimum absolute atomic E-state index is 0.00189. The van der Waals surface area contributed by atoms with Crippen molar-refractivity contribution in [2.75, 3.05) is 13.2 Å². The van der Waals surface area contributed by atoms with Crippen LogP contribution in [0.2, 0.25) is 0 Å². The van der Waals surface area contributed by atoms with Crippen LogP contribution in [0.4, 0.5) is 0 Å². The van der Waals surface area contributed by atoms with Gasteiger partial charge in [0.1, 0.15) is 6.10 Å². The van der Waals surface area contributed by atoms with E-state index in [-0.39, 0.29) is 23.4 Å². The minimum Gasteiger partial charge on any atom is -0.359 e. The van der Waals surface area contributed by atoms with Gasteiger partial charge in [-0.1, -0.05) is 30.3 Å². The Kier molecular flexibility index (Phi) is 3.77. The first kappa shape index (κ1) is 16.0. The first-order valence-corrected chi connectivity index (χ1v) is 9.71. The smallest absolute Gasteiger partial charge is 0.162 e. The van der Waals surface area contributed by atoms with E-state index in [2.05, 4.69) is 24.3 Å². The third-order valence-corrected chi connectivity index (χ3v) is 6.75. The molecule has 1 aliphatic carbocycles. The number of rotatable bonds is 4. The SMILES string of the molecule is O=C1CC[C@]2(c3ccccc3)CC3(CC3COC3CCCCO3)[C@H]1O2. The third-order valence-electron chi connectivity index (χ3n) is 6.75. The summed E-state index contributed by atoms with van der Waals surface area (Å²) in [5.41, 5.74) is 0.958. The molecule has 1 aromatic carbocycles. The highest BCUT2D eigenvalue weighted by molar-refractivity contribution is 5.86. The van der Waals surface area contributed by atoms with Crippen molar-refractivity contribution < 1.29 is 19.0 Å². The lowest BCUT2D eigenvalue weighted by Gasteiger charge is -2.33. The molecule has 1 spiro atoms. The summed E-state index contributed by atoms with van der Waals surface area (Å²) < 4.78 is 18.2. The molecule has 5 atom stereocenters. The fraction of sp³-hybridized carbons (Fsp3) is 0.667. The molecule has 2 bridgehead atoms. The lowest BCUT2D eigenvalue weighted by atomic mass is 9.83. The van der Waals surface area contributed by atoms with E-state index in [1.165, 1.54) is 12.0 Å². The van der Waals surface area contributed by atoms with Gasteiger partial charge in [-0.2, -0.15) is 0 Å². The quantitative estimate of drug-likeness (QED) is 0.839. The molecule has 3 heterocycles. The monoisotopic (exact) mass is 342 g/mol. The molecule has 134 valence electrons. The lowest BCUT2D eigenvalue weighted by Crippen LogP contribution is -2.37. The van der Waals surface area contributed by atoms with Crippen LogP contribution in [0, 0.1) is 11.3 Å². The predicted octanol–water partition coefficient (Wildman–Crippen LogP) is 3.58. The zero-order chi connectivity index (χ0) is 16.9. The Labute approximate surface area is 148 Å². The number of Topliss-reactive ketones (excluding diaryl/α,β-unsaturated/α-hetero) is 1. The number of carbonyl (C=O) groups is 1. The molecule has 4 fully saturated rings. The summed E-state index contributed by atoms with van der Waals surface area (Å²) in [6, 6.07) is 10.5. The summed E-state index contributed by atoms with van der Waals surface area (Å²) >= 11 is 0. The topological polar surface area (TPSA) is 44.8 Å². The predicted molar refractivity (Wildman–Crippen MR) is 91.9 cm³/mol. The highest BCUT2D eigenvalue weighted by Crippen LogP contribution is 2.69. The van der Waals surface area contributed by atoms with Gasteiger partial charge in [0.25, 0.3) is 0 Å². The largest absolute Gasteiger partial charge is 0.359 e. The molecule has 1 saturated carbocycles.